The standard InChI is InChI=1S/C8H15ClO2/c1-2-4-7(8(10)11)5-3-6-9/h7H,2-6H2,1H3,(H,10,11). The van der Waals surface area contributed by atoms with E-state index < -0.39 is 5.97 Å². The third-order valence-corrected chi connectivity index (χ3v) is 1.94. The van der Waals surface area contributed by atoms with Crippen LogP contribution in [0.25, 0.3) is 0 Å². The first kappa shape index (κ1) is 10.8. The molecule has 0 aromatic rings. The van der Waals surface area contributed by atoms with Crippen LogP contribution in [-0.4, -0.2) is 17.0 Å². The lowest BCUT2D eigenvalue weighted by Gasteiger charge is -2.08. The van der Waals surface area contributed by atoms with Crippen molar-refractivity contribution in [1.29, 1.82) is 0 Å². The van der Waals surface area contributed by atoms with E-state index >= 15 is 0 Å². The minimum Gasteiger partial charge on any atom is -0.481 e. The first-order valence-corrected chi connectivity index (χ1v) is 4.54. The van der Waals surface area contributed by atoms with Gasteiger partial charge in [-0.05, 0) is 19.3 Å². The fourth-order valence-corrected chi connectivity index (χ4v) is 1.22. The third kappa shape index (κ3) is 5.08. The second-order valence-electron chi connectivity index (χ2n) is 2.66. The van der Waals surface area contributed by atoms with Crippen LogP contribution >= 0.6 is 11.6 Å². The van der Waals surface area contributed by atoms with Crippen LogP contribution in [0.4, 0.5) is 0 Å². The number of hydrogen-bond donors (Lipinski definition) is 1. The van der Waals surface area contributed by atoms with E-state index in [4.69, 9.17) is 16.7 Å². The Morgan fingerprint density at radius 2 is 2.18 bits per heavy atom. The highest BCUT2D eigenvalue weighted by molar-refractivity contribution is 6.17. The van der Waals surface area contributed by atoms with Gasteiger partial charge in [-0.25, -0.2) is 0 Å². The SMILES string of the molecule is CCCC(CCCCl)C(=O)O. The van der Waals surface area contributed by atoms with Gasteiger partial charge in [-0.15, -0.1) is 11.6 Å². The molecule has 0 heterocycles. The van der Waals surface area contributed by atoms with Crippen molar-refractivity contribution in [3.05, 3.63) is 0 Å². The molecule has 3 heteroatoms. The van der Waals surface area contributed by atoms with Crippen LogP contribution in [0.15, 0.2) is 0 Å². The highest BCUT2D eigenvalue weighted by Gasteiger charge is 2.14. The molecule has 11 heavy (non-hydrogen) atoms. The van der Waals surface area contributed by atoms with Crippen molar-refractivity contribution in [2.24, 2.45) is 5.92 Å². The molecule has 0 saturated heterocycles. The molecule has 0 bridgehead atoms. The number of halogens is 1. The Bertz CT molecular complexity index is 115. The molecular weight excluding hydrogens is 164 g/mol. The first-order chi connectivity index (χ1) is 5.22. The second kappa shape index (κ2) is 6.47. The van der Waals surface area contributed by atoms with Gasteiger partial charge in [-0.2, -0.15) is 0 Å². The molecule has 0 aliphatic rings. The maximum Gasteiger partial charge on any atom is 0.306 e. The Hall–Kier alpha value is -0.240. The highest BCUT2D eigenvalue weighted by atomic mass is 35.5. The average molecular weight is 179 g/mol. The van der Waals surface area contributed by atoms with E-state index in [1.165, 1.54) is 0 Å². The minimum absolute atomic E-state index is 0.182. The molecule has 0 saturated carbocycles. The molecule has 0 aromatic carbocycles. The maximum absolute atomic E-state index is 10.6. The van der Waals surface area contributed by atoms with E-state index in [2.05, 4.69) is 0 Å². The fourth-order valence-electron chi connectivity index (χ4n) is 1.06. The Morgan fingerprint density at radius 3 is 2.55 bits per heavy atom. The lowest BCUT2D eigenvalue weighted by Crippen LogP contribution is -2.13. The quantitative estimate of drug-likeness (QED) is 0.635. The van der Waals surface area contributed by atoms with E-state index in [0.29, 0.717) is 12.3 Å². The van der Waals surface area contributed by atoms with Crippen molar-refractivity contribution in [3.63, 3.8) is 0 Å². The van der Waals surface area contributed by atoms with E-state index in [1.807, 2.05) is 6.92 Å². The summed E-state index contributed by atoms with van der Waals surface area (Å²) in [5.41, 5.74) is 0. The Balaban J connectivity index is 3.60. The van der Waals surface area contributed by atoms with Crippen molar-refractivity contribution in [2.75, 3.05) is 5.88 Å². The summed E-state index contributed by atoms with van der Waals surface area (Å²) < 4.78 is 0. The molecule has 1 atom stereocenters. The van der Waals surface area contributed by atoms with Gasteiger partial charge in [0.25, 0.3) is 0 Å². The molecule has 0 aliphatic heterocycles. The minimum atomic E-state index is -0.683. The van der Waals surface area contributed by atoms with Crippen LogP contribution in [0.2, 0.25) is 0 Å². The normalized spacial score (nSPS) is 12.9. The second-order valence-corrected chi connectivity index (χ2v) is 3.03. The zero-order valence-electron chi connectivity index (χ0n) is 6.85. The van der Waals surface area contributed by atoms with Crippen molar-refractivity contribution in [1.82, 2.24) is 0 Å². The monoisotopic (exact) mass is 178 g/mol. The summed E-state index contributed by atoms with van der Waals surface area (Å²) >= 11 is 5.46. The highest BCUT2D eigenvalue weighted by Crippen LogP contribution is 2.13. The zero-order chi connectivity index (χ0) is 8.69. The molecule has 0 rings (SSSR count). The predicted molar refractivity (Wildman–Crippen MR) is 46.0 cm³/mol. The lowest BCUT2D eigenvalue weighted by molar-refractivity contribution is -0.142. The summed E-state index contributed by atoms with van der Waals surface area (Å²) in [6, 6.07) is 0. The number of aliphatic carboxylic acids is 1. The number of carboxylic acid groups (broad SMARTS) is 1. The van der Waals surface area contributed by atoms with Gasteiger partial charge in [0.05, 0.1) is 5.92 Å². The predicted octanol–water partition coefficient (Wildman–Crippen LogP) is 2.51. The largest absolute Gasteiger partial charge is 0.481 e. The van der Waals surface area contributed by atoms with E-state index in [0.717, 1.165) is 19.3 Å². The number of alkyl halides is 1. The van der Waals surface area contributed by atoms with Crippen LogP contribution in [-0.2, 0) is 4.79 Å². The van der Waals surface area contributed by atoms with Gasteiger partial charge in [-0.1, -0.05) is 13.3 Å². The van der Waals surface area contributed by atoms with Crippen LogP contribution in [0, 0.1) is 5.92 Å². The van der Waals surface area contributed by atoms with E-state index in [9.17, 15) is 4.79 Å². The fraction of sp³-hybridized carbons (Fsp3) is 0.875. The summed E-state index contributed by atoms with van der Waals surface area (Å²) in [5.74, 6) is -0.302. The van der Waals surface area contributed by atoms with E-state index in [1.54, 1.807) is 0 Å². The summed E-state index contributed by atoms with van der Waals surface area (Å²) in [6.45, 7) is 2.00. The molecule has 0 aliphatic carbocycles. The van der Waals surface area contributed by atoms with Gasteiger partial charge in [-0.3, -0.25) is 4.79 Å². The number of carbonyl (C=O) groups is 1. The molecule has 0 spiro atoms. The maximum atomic E-state index is 10.6. The van der Waals surface area contributed by atoms with Crippen LogP contribution in [0.3, 0.4) is 0 Å². The van der Waals surface area contributed by atoms with Crippen LogP contribution in [0.5, 0.6) is 0 Å². The van der Waals surface area contributed by atoms with Crippen LogP contribution in [0.1, 0.15) is 32.6 Å². The third-order valence-electron chi connectivity index (χ3n) is 1.67. The van der Waals surface area contributed by atoms with E-state index in [-0.39, 0.29) is 5.92 Å². The molecule has 0 radical (unpaired) electrons. The van der Waals surface area contributed by atoms with Gasteiger partial charge in [0.15, 0.2) is 0 Å². The van der Waals surface area contributed by atoms with Gasteiger partial charge in [0, 0.05) is 5.88 Å². The van der Waals surface area contributed by atoms with Crippen molar-refractivity contribution in [3.8, 4) is 0 Å². The topological polar surface area (TPSA) is 37.3 Å². The smallest absolute Gasteiger partial charge is 0.306 e. The summed E-state index contributed by atoms with van der Waals surface area (Å²) in [5, 5.41) is 8.69. The summed E-state index contributed by atoms with van der Waals surface area (Å²) in [4.78, 5) is 10.6. The van der Waals surface area contributed by atoms with Gasteiger partial charge >= 0.3 is 5.97 Å². The summed E-state index contributed by atoms with van der Waals surface area (Å²) in [7, 11) is 0. The first-order valence-electron chi connectivity index (χ1n) is 4.01. The number of carboxylic acids is 1. The molecule has 0 fully saturated rings. The molecule has 0 amide bonds. The number of rotatable bonds is 6. The molecular formula is C8H15ClO2. The molecule has 2 nitrogen and oxygen atoms in total. The zero-order valence-corrected chi connectivity index (χ0v) is 7.60. The Morgan fingerprint density at radius 1 is 1.55 bits per heavy atom. The Labute approximate surface area is 72.6 Å². The van der Waals surface area contributed by atoms with Crippen molar-refractivity contribution in [2.45, 2.75) is 32.6 Å². The Kier molecular flexibility index (Phi) is 6.33. The van der Waals surface area contributed by atoms with Crippen molar-refractivity contribution < 1.29 is 9.90 Å². The van der Waals surface area contributed by atoms with Crippen molar-refractivity contribution >= 4 is 17.6 Å². The molecule has 1 N–H and O–H groups in total. The molecule has 66 valence electrons. The lowest BCUT2D eigenvalue weighted by atomic mass is 9.99. The molecule has 1 unspecified atom stereocenters. The van der Waals surface area contributed by atoms with Gasteiger partial charge in [0.1, 0.15) is 0 Å². The van der Waals surface area contributed by atoms with Gasteiger partial charge in [0.2, 0.25) is 0 Å². The average Bonchev–Trinajstić information content (AvgIpc) is 1.97. The van der Waals surface area contributed by atoms with Crippen LogP contribution < -0.4 is 0 Å². The number of hydrogen-bond acceptors (Lipinski definition) is 1. The summed E-state index contributed by atoms with van der Waals surface area (Å²) in [6.07, 6.45) is 3.22. The molecule has 0 aromatic heterocycles. The van der Waals surface area contributed by atoms with Gasteiger partial charge < -0.3 is 5.11 Å².